The lowest BCUT2D eigenvalue weighted by molar-refractivity contribution is -0.146. The predicted molar refractivity (Wildman–Crippen MR) is 94.7 cm³/mol. The number of carbonyl (C=O) groups is 1. The standard InChI is InChI=1S/C22H20O3/c1-14-8-18-13-24-21(23)22(18,11-14)12-15-6-7-20-17(9-15)10-16-4-2-3-5-19(16)25-20/h2-7,9,18H,1,8,10-13H2. The molecule has 2 heterocycles. The molecule has 2 fully saturated rings. The third-order valence-electron chi connectivity index (χ3n) is 5.92. The van der Waals surface area contributed by atoms with E-state index in [1.54, 1.807) is 0 Å². The lowest BCUT2D eigenvalue weighted by Crippen LogP contribution is -2.31. The van der Waals surface area contributed by atoms with Crippen LogP contribution in [0.5, 0.6) is 11.5 Å². The molecule has 3 heteroatoms. The van der Waals surface area contributed by atoms with E-state index in [1.807, 2.05) is 24.3 Å². The second-order valence-corrected chi connectivity index (χ2v) is 7.59. The maximum atomic E-state index is 12.5. The molecule has 25 heavy (non-hydrogen) atoms. The van der Waals surface area contributed by atoms with Crippen molar-refractivity contribution in [3.8, 4) is 11.5 Å². The molecule has 2 aromatic carbocycles. The van der Waals surface area contributed by atoms with E-state index in [-0.39, 0.29) is 11.9 Å². The van der Waals surface area contributed by atoms with Crippen LogP contribution in [0.4, 0.5) is 0 Å². The molecule has 2 atom stereocenters. The van der Waals surface area contributed by atoms with Gasteiger partial charge in [0.1, 0.15) is 11.5 Å². The van der Waals surface area contributed by atoms with Crippen molar-refractivity contribution in [2.75, 3.05) is 6.61 Å². The van der Waals surface area contributed by atoms with E-state index < -0.39 is 5.41 Å². The van der Waals surface area contributed by atoms with Gasteiger partial charge in [-0.25, -0.2) is 0 Å². The van der Waals surface area contributed by atoms with Crippen LogP contribution in [0, 0.1) is 11.3 Å². The first-order chi connectivity index (χ1) is 12.1. The van der Waals surface area contributed by atoms with Crippen LogP contribution in [0.1, 0.15) is 29.5 Å². The molecule has 5 rings (SSSR count). The number of hydrogen-bond donors (Lipinski definition) is 0. The Morgan fingerprint density at radius 3 is 2.88 bits per heavy atom. The zero-order valence-corrected chi connectivity index (χ0v) is 14.1. The number of hydrogen-bond acceptors (Lipinski definition) is 3. The van der Waals surface area contributed by atoms with E-state index in [9.17, 15) is 4.79 Å². The molecule has 3 aliphatic rings. The Kier molecular flexibility index (Phi) is 3.08. The Morgan fingerprint density at radius 1 is 1.12 bits per heavy atom. The molecule has 2 aliphatic heterocycles. The van der Waals surface area contributed by atoms with Crippen molar-refractivity contribution in [2.45, 2.75) is 25.7 Å². The summed E-state index contributed by atoms with van der Waals surface area (Å²) in [6, 6.07) is 14.5. The average molecular weight is 332 g/mol. The molecule has 1 saturated carbocycles. The second-order valence-electron chi connectivity index (χ2n) is 7.59. The highest BCUT2D eigenvalue weighted by molar-refractivity contribution is 5.81. The minimum absolute atomic E-state index is 0.0459. The van der Waals surface area contributed by atoms with Gasteiger partial charge in [0.2, 0.25) is 0 Å². The first-order valence-electron chi connectivity index (χ1n) is 8.85. The smallest absolute Gasteiger partial charge is 0.313 e. The van der Waals surface area contributed by atoms with Crippen LogP contribution in [0.2, 0.25) is 0 Å². The highest BCUT2D eigenvalue weighted by Gasteiger charge is 2.55. The van der Waals surface area contributed by atoms with Gasteiger partial charge >= 0.3 is 5.97 Å². The molecule has 0 spiro atoms. The number of para-hydroxylation sites is 1. The normalized spacial score (nSPS) is 26.5. The molecule has 2 unspecified atom stereocenters. The summed E-state index contributed by atoms with van der Waals surface area (Å²) in [5.41, 5.74) is 4.35. The first kappa shape index (κ1) is 14.8. The minimum atomic E-state index is -0.404. The summed E-state index contributed by atoms with van der Waals surface area (Å²) < 4.78 is 11.4. The summed E-state index contributed by atoms with van der Waals surface area (Å²) in [4.78, 5) is 12.5. The number of rotatable bonds is 2. The quantitative estimate of drug-likeness (QED) is 0.514. The summed E-state index contributed by atoms with van der Waals surface area (Å²) in [6.07, 6.45) is 3.26. The average Bonchev–Trinajstić information content (AvgIpc) is 3.07. The van der Waals surface area contributed by atoms with Gasteiger partial charge < -0.3 is 9.47 Å². The van der Waals surface area contributed by atoms with Gasteiger partial charge in [0.15, 0.2) is 0 Å². The van der Waals surface area contributed by atoms with Gasteiger partial charge in [-0.3, -0.25) is 4.79 Å². The van der Waals surface area contributed by atoms with E-state index in [2.05, 4.69) is 24.8 Å². The number of allylic oxidation sites excluding steroid dienone is 1. The summed E-state index contributed by atoms with van der Waals surface area (Å²) >= 11 is 0. The number of carbonyl (C=O) groups excluding carboxylic acids is 1. The van der Waals surface area contributed by atoms with Crippen LogP contribution in [-0.4, -0.2) is 12.6 Å². The van der Waals surface area contributed by atoms with Crippen molar-refractivity contribution in [1.82, 2.24) is 0 Å². The van der Waals surface area contributed by atoms with Gasteiger partial charge in [0, 0.05) is 12.3 Å². The highest BCUT2D eigenvalue weighted by atomic mass is 16.5. The summed E-state index contributed by atoms with van der Waals surface area (Å²) in [5.74, 6) is 2.09. The Balaban J connectivity index is 1.47. The number of esters is 1. The predicted octanol–water partition coefficient (Wildman–Crippen LogP) is 4.44. The summed E-state index contributed by atoms with van der Waals surface area (Å²) in [7, 11) is 0. The van der Waals surface area contributed by atoms with Crippen LogP contribution in [-0.2, 0) is 22.4 Å². The topological polar surface area (TPSA) is 35.5 Å². The van der Waals surface area contributed by atoms with Crippen molar-refractivity contribution in [2.24, 2.45) is 11.3 Å². The molecule has 0 amide bonds. The van der Waals surface area contributed by atoms with Crippen molar-refractivity contribution >= 4 is 5.97 Å². The molecule has 0 radical (unpaired) electrons. The van der Waals surface area contributed by atoms with Crippen LogP contribution in [0.3, 0.4) is 0 Å². The fourth-order valence-electron chi connectivity index (χ4n) is 4.68. The van der Waals surface area contributed by atoms with Gasteiger partial charge in [-0.05, 0) is 48.1 Å². The van der Waals surface area contributed by atoms with E-state index in [0.717, 1.165) is 37.2 Å². The molecule has 1 aliphatic carbocycles. The van der Waals surface area contributed by atoms with Crippen molar-refractivity contribution in [3.05, 3.63) is 71.3 Å². The van der Waals surface area contributed by atoms with E-state index in [1.165, 1.54) is 22.3 Å². The zero-order valence-electron chi connectivity index (χ0n) is 14.1. The SMILES string of the molecule is C=C1CC2COC(=O)C2(Cc2ccc3c(c2)Cc2ccccc2O3)C1. The van der Waals surface area contributed by atoms with Gasteiger partial charge in [0.25, 0.3) is 0 Å². The van der Waals surface area contributed by atoms with E-state index >= 15 is 0 Å². The van der Waals surface area contributed by atoms with Crippen LogP contribution < -0.4 is 4.74 Å². The number of ether oxygens (including phenoxy) is 2. The van der Waals surface area contributed by atoms with Gasteiger partial charge in [0.05, 0.1) is 12.0 Å². The molecule has 126 valence electrons. The maximum Gasteiger partial charge on any atom is 0.313 e. The number of cyclic esters (lactones) is 1. The molecule has 3 nitrogen and oxygen atoms in total. The molecule has 0 bridgehead atoms. The monoisotopic (exact) mass is 332 g/mol. The molecular weight excluding hydrogens is 312 g/mol. The lowest BCUT2D eigenvalue weighted by Gasteiger charge is -2.25. The largest absolute Gasteiger partial charge is 0.465 e. The van der Waals surface area contributed by atoms with Crippen LogP contribution >= 0.6 is 0 Å². The van der Waals surface area contributed by atoms with E-state index in [4.69, 9.17) is 9.47 Å². The molecule has 0 aromatic heterocycles. The maximum absolute atomic E-state index is 12.5. The van der Waals surface area contributed by atoms with Crippen LogP contribution in [0.25, 0.3) is 0 Å². The van der Waals surface area contributed by atoms with Crippen molar-refractivity contribution < 1.29 is 14.3 Å². The fraction of sp³-hybridized carbons (Fsp3) is 0.318. The number of fused-ring (bicyclic) bond motifs is 3. The van der Waals surface area contributed by atoms with E-state index in [0.29, 0.717) is 6.61 Å². The van der Waals surface area contributed by atoms with Gasteiger partial charge in [-0.1, -0.05) is 42.5 Å². The Hall–Kier alpha value is -2.55. The second kappa shape index (κ2) is 5.22. The van der Waals surface area contributed by atoms with Gasteiger partial charge in [-0.15, -0.1) is 0 Å². The fourth-order valence-corrected chi connectivity index (χ4v) is 4.68. The highest BCUT2D eigenvalue weighted by Crippen LogP contribution is 2.52. The van der Waals surface area contributed by atoms with Crippen molar-refractivity contribution in [1.29, 1.82) is 0 Å². The Labute approximate surface area is 147 Å². The molecular formula is C22H20O3. The Morgan fingerprint density at radius 2 is 1.96 bits per heavy atom. The Bertz CT molecular complexity index is 898. The first-order valence-corrected chi connectivity index (χ1v) is 8.85. The summed E-state index contributed by atoms with van der Waals surface area (Å²) in [5, 5.41) is 0. The molecule has 2 aromatic rings. The lowest BCUT2D eigenvalue weighted by atomic mass is 9.75. The molecule has 1 saturated heterocycles. The number of benzene rings is 2. The molecule has 0 N–H and O–H groups in total. The summed E-state index contributed by atoms with van der Waals surface area (Å²) in [6.45, 7) is 4.67. The third-order valence-corrected chi connectivity index (χ3v) is 5.92. The van der Waals surface area contributed by atoms with Crippen molar-refractivity contribution in [3.63, 3.8) is 0 Å². The minimum Gasteiger partial charge on any atom is -0.465 e. The zero-order chi connectivity index (χ0) is 17.0. The third kappa shape index (κ3) is 2.22. The van der Waals surface area contributed by atoms with Crippen LogP contribution in [0.15, 0.2) is 54.6 Å². The van der Waals surface area contributed by atoms with Gasteiger partial charge in [-0.2, -0.15) is 0 Å².